The van der Waals surface area contributed by atoms with E-state index < -0.39 is 10.0 Å². The van der Waals surface area contributed by atoms with E-state index in [4.69, 9.17) is 0 Å². The highest BCUT2D eigenvalue weighted by molar-refractivity contribution is 7.89. The summed E-state index contributed by atoms with van der Waals surface area (Å²) in [7, 11) is -3.18. The van der Waals surface area contributed by atoms with Crippen molar-refractivity contribution in [2.45, 2.75) is 59.5 Å². The lowest BCUT2D eigenvalue weighted by Crippen LogP contribution is -2.41. The minimum Gasteiger partial charge on any atom is -0.258 e. The van der Waals surface area contributed by atoms with Gasteiger partial charge in [-0.1, -0.05) is 19.9 Å². The van der Waals surface area contributed by atoms with Crippen LogP contribution in [0.25, 0.3) is 0 Å². The maximum atomic E-state index is 12.9. The molecule has 3 fully saturated rings. The summed E-state index contributed by atoms with van der Waals surface area (Å²) < 4.78 is 27.7. The Bertz CT molecular complexity index is 771. The van der Waals surface area contributed by atoms with E-state index in [1.54, 1.807) is 0 Å². The highest BCUT2D eigenvalue weighted by Crippen LogP contribution is 2.70. The van der Waals surface area contributed by atoms with E-state index >= 15 is 0 Å². The van der Waals surface area contributed by atoms with Gasteiger partial charge in [-0.3, -0.25) is 4.98 Å². The number of aryl methyl sites for hydroxylation is 2. The zero-order chi connectivity index (χ0) is 16.6. The van der Waals surface area contributed by atoms with Gasteiger partial charge < -0.3 is 0 Å². The third-order valence-electron chi connectivity index (χ3n) is 7.19. The van der Waals surface area contributed by atoms with Crippen molar-refractivity contribution in [3.63, 3.8) is 0 Å². The molecule has 1 saturated heterocycles. The van der Waals surface area contributed by atoms with Gasteiger partial charge in [0.1, 0.15) is 0 Å². The van der Waals surface area contributed by atoms with Crippen molar-refractivity contribution >= 4 is 10.0 Å². The highest BCUT2D eigenvalue weighted by Gasteiger charge is 2.71. The van der Waals surface area contributed by atoms with E-state index in [0.29, 0.717) is 18.2 Å². The first kappa shape index (κ1) is 15.6. The number of rotatable bonds is 2. The Morgan fingerprint density at radius 1 is 1.30 bits per heavy atom. The number of nitrogens with zero attached hydrogens (tertiary/aromatic N) is 2. The number of hydrogen-bond acceptors (Lipinski definition) is 3. The molecule has 5 heteroatoms. The molecule has 0 aromatic carbocycles. The van der Waals surface area contributed by atoms with Crippen molar-refractivity contribution < 1.29 is 8.42 Å². The third kappa shape index (κ3) is 1.92. The second-order valence-electron chi connectivity index (χ2n) is 8.36. The zero-order valence-corrected chi connectivity index (χ0v) is 15.3. The van der Waals surface area contributed by atoms with Crippen molar-refractivity contribution in [3.8, 4) is 0 Å². The van der Waals surface area contributed by atoms with Crippen molar-refractivity contribution in [1.29, 1.82) is 0 Å². The molecule has 3 atom stereocenters. The number of fused-ring (bicyclic) bond motifs is 1. The van der Waals surface area contributed by atoms with Crippen LogP contribution >= 0.6 is 0 Å². The van der Waals surface area contributed by atoms with Crippen LogP contribution in [0.15, 0.2) is 12.1 Å². The molecule has 1 aromatic heterocycles. The van der Waals surface area contributed by atoms with Gasteiger partial charge in [0.05, 0.1) is 5.75 Å². The average Bonchev–Trinajstić information content (AvgIpc) is 2.91. The molecule has 23 heavy (non-hydrogen) atoms. The fourth-order valence-electron chi connectivity index (χ4n) is 5.63. The minimum atomic E-state index is -3.18. The predicted octanol–water partition coefficient (Wildman–Crippen LogP) is 3.04. The Hall–Kier alpha value is -0.940. The normalized spacial score (nSPS) is 37.2. The van der Waals surface area contributed by atoms with Gasteiger partial charge in [-0.2, -0.15) is 4.31 Å². The smallest absolute Gasteiger partial charge is 0.215 e. The molecule has 2 saturated carbocycles. The number of pyridine rings is 1. The molecular formula is C18H26N2O2S. The van der Waals surface area contributed by atoms with E-state index in [2.05, 4.69) is 18.8 Å². The molecular weight excluding hydrogens is 308 g/mol. The molecule has 2 bridgehead atoms. The van der Waals surface area contributed by atoms with E-state index in [-0.39, 0.29) is 16.9 Å². The van der Waals surface area contributed by atoms with Gasteiger partial charge in [-0.05, 0) is 56.1 Å². The maximum absolute atomic E-state index is 12.9. The predicted molar refractivity (Wildman–Crippen MR) is 90.4 cm³/mol. The number of hydrogen-bond donors (Lipinski definition) is 0. The molecule has 0 radical (unpaired) electrons. The summed E-state index contributed by atoms with van der Waals surface area (Å²) in [5, 5.41) is 0. The van der Waals surface area contributed by atoms with Gasteiger partial charge in [0.15, 0.2) is 0 Å². The summed E-state index contributed by atoms with van der Waals surface area (Å²) in [5.74, 6) is 1.01. The molecule has 1 aromatic rings. The average molecular weight is 334 g/mol. The summed E-state index contributed by atoms with van der Waals surface area (Å²) in [5.41, 5.74) is 3.07. The van der Waals surface area contributed by atoms with Crippen LogP contribution in [0.4, 0.5) is 0 Å². The molecule has 2 heterocycles. The lowest BCUT2D eigenvalue weighted by molar-refractivity contribution is 0.112. The molecule has 0 N–H and O–H groups in total. The fourth-order valence-corrected chi connectivity index (χ4v) is 8.17. The summed E-state index contributed by atoms with van der Waals surface area (Å²) in [6, 6.07) is 4.20. The quantitative estimate of drug-likeness (QED) is 0.835. The summed E-state index contributed by atoms with van der Waals surface area (Å²) in [4.78, 5) is 4.50. The van der Waals surface area contributed by atoms with Crippen LogP contribution in [0.1, 0.15) is 50.1 Å². The molecule has 1 aliphatic heterocycles. The summed E-state index contributed by atoms with van der Waals surface area (Å²) in [6.45, 7) is 9.02. The first-order valence-electron chi connectivity index (χ1n) is 8.60. The molecule has 126 valence electrons. The van der Waals surface area contributed by atoms with Crippen LogP contribution in [0.5, 0.6) is 0 Å². The Labute approximate surface area is 139 Å². The SMILES string of the molecule is Cc1ccc(CN2[C@H]3C[C@H]4CC[C@@]3(CS2(=O)=O)C4(C)C)c(C)n1. The van der Waals surface area contributed by atoms with Crippen LogP contribution in [0.2, 0.25) is 0 Å². The molecule has 0 amide bonds. The minimum absolute atomic E-state index is 0.0392. The lowest BCUT2D eigenvalue weighted by atomic mass is 9.69. The van der Waals surface area contributed by atoms with Gasteiger partial charge in [0.25, 0.3) is 0 Å². The van der Waals surface area contributed by atoms with Crippen LogP contribution in [-0.4, -0.2) is 29.5 Å². The van der Waals surface area contributed by atoms with E-state index in [9.17, 15) is 8.42 Å². The van der Waals surface area contributed by atoms with E-state index in [1.807, 2.05) is 30.3 Å². The molecule has 1 spiro atoms. The number of aromatic nitrogens is 1. The molecule has 4 nitrogen and oxygen atoms in total. The van der Waals surface area contributed by atoms with Crippen molar-refractivity contribution in [3.05, 3.63) is 29.1 Å². The van der Waals surface area contributed by atoms with Gasteiger partial charge in [-0.15, -0.1) is 0 Å². The second-order valence-corrected chi connectivity index (χ2v) is 10.3. The molecule has 2 aliphatic carbocycles. The molecule has 3 aliphatic rings. The van der Waals surface area contributed by atoms with Gasteiger partial charge in [0.2, 0.25) is 10.0 Å². The number of sulfonamides is 1. The van der Waals surface area contributed by atoms with E-state index in [1.165, 1.54) is 6.42 Å². The first-order valence-corrected chi connectivity index (χ1v) is 10.2. The summed E-state index contributed by atoms with van der Waals surface area (Å²) >= 11 is 0. The van der Waals surface area contributed by atoms with E-state index in [0.717, 1.165) is 29.8 Å². The van der Waals surface area contributed by atoms with Gasteiger partial charge in [0, 0.05) is 29.4 Å². The highest BCUT2D eigenvalue weighted by atomic mass is 32.2. The topological polar surface area (TPSA) is 50.3 Å². The maximum Gasteiger partial charge on any atom is 0.215 e. The van der Waals surface area contributed by atoms with Gasteiger partial charge >= 0.3 is 0 Å². The second kappa shape index (κ2) is 4.57. The zero-order valence-electron chi connectivity index (χ0n) is 14.5. The molecule has 0 unspecified atom stereocenters. The fraction of sp³-hybridized carbons (Fsp3) is 0.722. The first-order chi connectivity index (χ1) is 10.7. The van der Waals surface area contributed by atoms with Gasteiger partial charge in [-0.25, -0.2) is 8.42 Å². The van der Waals surface area contributed by atoms with Crippen molar-refractivity contribution in [2.24, 2.45) is 16.7 Å². The van der Waals surface area contributed by atoms with Crippen LogP contribution in [-0.2, 0) is 16.6 Å². The van der Waals surface area contributed by atoms with Crippen molar-refractivity contribution in [1.82, 2.24) is 9.29 Å². The lowest BCUT2D eigenvalue weighted by Gasteiger charge is -2.37. The largest absolute Gasteiger partial charge is 0.258 e. The standard InChI is InChI=1S/C18H26N2O2S/c1-12-5-6-14(13(2)19-12)10-20-16-9-15-7-8-18(16,17(15,3)4)11-23(20,21)22/h5-6,15-16H,7-11H2,1-4H3/t15-,16+,18+/m1/s1. The Morgan fingerprint density at radius 2 is 2.04 bits per heavy atom. The monoisotopic (exact) mass is 334 g/mol. The Kier molecular flexibility index (Phi) is 3.10. The molecule has 4 rings (SSSR count). The Balaban J connectivity index is 1.72. The van der Waals surface area contributed by atoms with Crippen LogP contribution < -0.4 is 0 Å². The van der Waals surface area contributed by atoms with Crippen LogP contribution in [0, 0.1) is 30.6 Å². The Morgan fingerprint density at radius 3 is 2.70 bits per heavy atom. The van der Waals surface area contributed by atoms with Crippen LogP contribution in [0.3, 0.4) is 0 Å². The summed E-state index contributed by atoms with van der Waals surface area (Å²) in [6.07, 6.45) is 3.29. The third-order valence-corrected chi connectivity index (χ3v) is 9.17. The van der Waals surface area contributed by atoms with Crippen molar-refractivity contribution in [2.75, 3.05) is 5.75 Å².